The molecular formula is C14H20N2OS. The summed E-state index contributed by atoms with van der Waals surface area (Å²) in [4.78, 5) is 4.54. The van der Waals surface area contributed by atoms with E-state index in [9.17, 15) is 0 Å². The van der Waals surface area contributed by atoms with Gasteiger partial charge in [-0.05, 0) is 40.3 Å². The molecule has 2 rings (SSSR count). The molecule has 2 aromatic rings. The number of thiazole rings is 1. The molecule has 0 aliphatic rings. The SMILES string of the molecule is CNC(Cc1csc(C)n1)c1c(C)oc(C)c1C. The summed E-state index contributed by atoms with van der Waals surface area (Å²) in [5, 5.41) is 6.63. The first-order valence-corrected chi connectivity index (χ1v) is 7.05. The number of hydrogen-bond donors (Lipinski definition) is 1. The summed E-state index contributed by atoms with van der Waals surface area (Å²) in [7, 11) is 1.99. The van der Waals surface area contributed by atoms with Gasteiger partial charge in [-0.3, -0.25) is 0 Å². The van der Waals surface area contributed by atoms with Crippen molar-refractivity contribution >= 4 is 11.3 Å². The van der Waals surface area contributed by atoms with Gasteiger partial charge in [0.15, 0.2) is 0 Å². The Kier molecular flexibility index (Phi) is 3.88. The highest BCUT2D eigenvalue weighted by atomic mass is 32.1. The van der Waals surface area contributed by atoms with Crippen molar-refractivity contribution in [3.05, 3.63) is 38.7 Å². The molecular weight excluding hydrogens is 244 g/mol. The Labute approximate surface area is 112 Å². The summed E-state index contributed by atoms with van der Waals surface area (Å²) >= 11 is 1.70. The van der Waals surface area contributed by atoms with Gasteiger partial charge in [0.05, 0.1) is 10.7 Å². The molecule has 2 aromatic heterocycles. The lowest BCUT2D eigenvalue weighted by Gasteiger charge is -2.15. The second kappa shape index (κ2) is 5.24. The molecule has 3 nitrogen and oxygen atoms in total. The summed E-state index contributed by atoms with van der Waals surface area (Å²) in [6.45, 7) is 8.22. The molecule has 1 unspecified atom stereocenters. The first-order chi connectivity index (χ1) is 8.52. The van der Waals surface area contributed by atoms with E-state index in [4.69, 9.17) is 4.42 Å². The van der Waals surface area contributed by atoms with E-state index in [1.807, 2.05) is 27.8 Å². The first kappa shape index (κ1) is 13.3. The van der Waals surface area contributed by atoms with Crippen LogP contribution in [0.25, 0.3) is 0 Å². The van der Waals surface area contributed by atoms with Gasteiger partial charge in [-0.25, -0.2) is 4.98 Å². The molecule has 0 aromatic carbocycles. The lowest BCUT2D eigenvalue weighted by Crippen LogP contribution is -2.20. The fourth-order valence-electron chi connectivity index (χ4n) is 2.38. The van der Waals surface area contributed by atoms with Gasteiger partial charge in [-0.1, -0.05) is 0 Å². The zero-order valence-electron chi connectivity index (χ0n) is 11.6. The zero-order chi connectivity index (χ0) is 13.3. The monoisotopic (exact) mass is 264 g/mol. The smallest absolute Gasteiger partial charge is 0.106 e. The Morgan fingerprint density at radius 1 is 1.28 bits per heavy atom. The maximum absolute atomic E-state index is 5.71. The van der Waals surface area contributed by atoms with Gasteiger partial charge >= 0.3 is 0 Å². The van der Waals surface area contributed by atoms with E-state index in [-0.39, 0.29) is 6.04 Å². The minimum atomic E-state index is 0.268. The topological polar surface area (TPSA) is 38.1 Å². The molecule has 4 heteroatoms. The number of nitrogens with one attached hydrogen (secondary N) is 1. The molecule has 1 atom stereocenters. The number of aromatic nitrogens is 1. The molecule has 0 fully saturated rings. The van der Waals surface area contributed by atoms with Crippen LogP contribution in [0.15, 0.2) is 9.80 Å². The Morgan fingerprint density at radius 2 is 2.00 bits per heavy atom. The maximum Gasteiger partial charge on any atom is 0.106 e. The highest BCUT2D eigenvalue weighted by Crippen LogP contribution is 2.29. The lowest BCUT2D eigenvalue weighted by molar-refractivity contribution is 0.489. The van der Waals surface area contributed by atoms with Crippen LogP contribution >= 0.6 is 11.3 Å². The second-order valence-corrected chi connectivity index (χ2v) is 5.72. The standard InChI is InChI=1S/C14H20N2OS/c1-8-9(2)17-10(3)14(8)13(15-5)6-12-7-18-11(4)16-12/h7,13,15H,6H2,1-5H3. The van der Waals surface area contributed by atoms with Crippen molar-refractivity contribution in [3.63, 3.8) is 0 Å². The Bertz CT molecular complexity index is 542. The summed E-state index contributed by atoms with van der Waals surface area (Å²) in [6.07, 6.45) is 0.904. The second-order valence-electron chi connectivity index (χ2n) is 4.66. The Morgan fingerprint density at radius 3 is 2.44 bits per heavy atom. The quantitative estimate of drug-likeness (QED) is 0.919. The zero-order valence-corrected chi connectivity index (χ0v) is 12.4. The van der Waals surface area contributed by atoms with Crippen molar-refractivity contribution in [2.75, 3.05) is 7.05 Å². The molecule has 0 aliphatic heterocycles. The molecule has 98 valence electrons. The normalized spacial score (nSPS) is 12.9. The summed E-state index contributed by atoms with van der Waals surface area (Å²) in [6, 6.07) is 0.268. The van der Waals surface area contributed by atoms with Gasteiger partial charge in [0.2, 0.25) is 0 Å². The molecule has 0 aliphatic carbocycles. The number of likely N-dealkylation sites (N-methyl/N-ethyl adjacent to an activating group) is 1. The van der Waals surface area contributed by atoms with Crippen LogP contribution < -0.4 is 5.32 Å². The minimum absolute atomic E-state index is 0.268. The first-order valence-electron chi connectivity index (χ1n) is 6.17. The molecule has 0 saturated carbocycles. The van der Waals surface area contributed by atoms with E-state index in [1.54, 1.807) is 11.3 Å². The van der Waals surface area contributed by atoms with E-state index in [1.165, 1.54) is 11.1 Å². The van der Waals surface area contributed by atoms with Gasteiger partial charge in [-0.2, -0.15) is 0 Å². The average molecular weight is 264 g/mol. The number of aryl methyl sites for hydroxylation is 3. The maximum atomic E-state index is 5.71. The van der Waals surface area contributed by atoms with Crippen molar-refractivity contribution < 1.29 is 4.42 Å². The molecule has 0 bridgehead atoms. The van der Waals surface area contributed by atoms with Crippen LogP contribution in [0.2, 0.25) is 0 Å². The van der Waals surface area contributed by atoms with E-state index < -0.39 is 0 Å². The summed E-state index contributed by atoms with van der Waals surface area (Å²) in [5.74, 6) is 2.02. The number of rotatable bonds is 4. The third-order valence-electron chi connectivity index (χ3n) is 3.39. The van der Waals surface area contributed by atoms with Crippen molar-refractivity contribution in [1.29, 1.82) is 0 Å². The van der Waals surface area contributed by atoms with Crippen LogP contribution in [-0.2, 0) is 6.42 Å². The van der Waals surface area contributed by atoms with Gasteiger partial charge in [0.1, 0.15) is 11.5 Å². The van der Waals surface area contributed by atoms with Crippen molar-refractivity contribution in [2.45, 2.75) is 40.2 Å². The van der Waals surface area contributed by atoms with Crippen molar-refractivity contribution in [3.8, 4) is 0 Å². The summed E-state index contributed by atoms with van der Waals surface area (Å²) in [5.41, 5.74) is 3.67. The van der Waals surface area contributed by atoms with Crippen molar-refractivity contribution in [1.82, 2.24) is 10.3 Å². The fourth-order valence-corrected chi connectivity index (χ4v) is 3.01. The van der Waals surface area contributed by atoms with Gasteiger partial charge in [-0.15, -0.1) is 11.3 Å². The third kappa shape index (κ3) is 2.49. The van der Waals surface area contributed by atoms with Crippen molar-refractivity contribution in [2.24, 2.45) is 0 Å². The van der Waals surface area contributed by atoms with Gasteiger partial charge in [0, 0.05) is 23.4 Å². The fraction of sp³-hybridized carbons (Fsp3) is 0.500. The molecule has 2 heterocycles. The van der Waals surface area contributed by atoms with Gasteiger partial charge in [0.25, 0.3) is 0 Å². The number of hydrogen-bond acceptors (Lipinski definition) is 4. The minimum Gasteiger partial charge on any atom is -0.466 e. The van der Waals surface area contributed by atoms with E-state index in [0.717, 1.165) is 28.6 Å². The molecule has 0 radical (unpaired) electrons. The molecule has 0 saturated heterocycles. The lowest BCUT2D eigenvalue weighted by atomic mass is 9.98. The average Bonchev–Trinajstić information content (AvgIpc) is 2.82. The van der Waals surface area contributed by atoms with E-state index in [0.29, 0.717) is 0 Å². The summed E-state index contributed by atoms with van der Waals surface area (Å²) < 4.78 is 5.71. The largest absolute Gasteiger partial charge is 0.466 e. The highest BCUT2D eigenvalue weighted by molar-refractivity contribution is 7.09. The van der Waals surface area contributed by atoms with Crippen LogP contribution in [0, 0.1) is 27.7 Å². The molecule has 0 amide bonds. The van der Waals surface area contributed by atoms with E-state index >= 15 is 0 Å². The predicted molar refractivity (Wildman–Crippen MR) is 75.3 cm³/mol. The molecule has 0 spiro atoms. The number of nitrogens with zero attached hydrogens (tertiary/aromatic N) is 1. The van der Waals surface area contributed by atoms with Crippen LogP contribution in [0.5, 0.6) is 0 Å². The van der Waals surface area contributed by atoms with Crippen LogP contribution in [0.3, 0.4) is 0 Å². The predicted octanol–water partition coefficient (Wildman–Crippen LogP) is 3.47. The van der Waals surface area contributed by atoms with E-state index in [2.05, 4.69) is 22.6 Å². The van der Waals surface area contributed by atoms with Gasteiger partial charge < -0.3 is 9.73 Å². The van der Waals surface area contributed by atoms with Crippen LogP contribution in [-0.4, -0.2) is 12.0 Å². The molecule has 1 N–H and O–H groups in total. The number of furan rings is 1. The van der Waals surface area contributed by atoms with Crippen LogP contribution in [0.4, 0.5) is 0 Å². The Balaban J connectivity index is 2.28. The Hall–Kier alpha value is -1.13. The third-order valence-corrected chi connectivity index (χ3v) is 4.22. The molecule has 18 heavy (non-hydrogen) atoms. The van der Waals surface area contributed by atoms with Crippen LogP contribution in [0.1, 0.15) is 39.4 Å². The highest BCUT2D eigenvalue weighted by Gasteiger charge is 2.20.